The predicted octanol–water partition coefficient (Wildman–Crippen LogP) is 3.90. The summed E-state index contributed by atoms with van der Waals surface area (Å²) in [4.78, 5) is 24.1. The molecule has 0 aliphatic rings. The average molecular weight is 434 g/mol. The minimum atomic E-state index is -0.563. The number of amides is 2. The molecule has 1 atom stereocenters. The third-order valence-electron chi connectivity index (χ3n) is 4.48. The van der Waals surface area contributed by atoms with Crippen LogP contribution in [-0.2, 0) is 16.1 Å². The molecule has 0 aliphatic heterocycles. The first-order valence-corrected chi connectivity index (χ1v) is 9.85. The zero-order valence-corrected chi connectivity index (χ0v) is 18.6. The zero-order valence-electron chi connectivity index (χ0n) is 17.8. The molecule has 164 valence electrons. The zero-order chi connectivity index (χ0) is 21.3. The van der Waals surface area contributed by atoms with Gasteiger partial charge in [0.05, 0.1) is 12.6 Å². The van der Waals surface area contributed by atoms with Crippen LogP contribution in [0.15, 0.2) is 54.6 Å². The van der Waals surface area contributed by atoms with E-state index in [1.807, 2.05) is 75.4 Å². The van der Waals surface area contributed by atoms with Crippen LogP contribution in [-0.4, -0.2) is 24.5 Å². The first kappa shape index (κ1) is 25.5. The first-order valence-electron chi connectivity index (χ1n) is 9.85. The molecule has 0 radical (unpaired) electrons. The molecule has 30 heavy (non-hydrogen) atoms. The highest BCUT2D eigenvalue weighted by Gasteiger charge is 2.27. The first-order chi connectivity index (χ1) is 13.8. The van der Waals surface area contributed by atoms with E-state index >= 15 is 0 Å². The van der Waals surface area contributed by atoms with Gasteiger partial charge >= 0.3 is 0 Å². The van der Waals surface area contributed by atoms with E-state index < -0.39 is 6.04 Å². The number of hydrogen-bond donors (Lipinski definition) is 3. The molecule has 0 aliphatic carbocycles. The van der Waals surface area contributed by atoms with Crippen molar-refractivity contribution in [3.05, 3.63) is 60.2 Å². The summed E-state index contributed by atoms with van der Waals surface area (Å²) in [6.45, 7) is 6.69. The number of para-hydroxylation sites is 1. The Morgan fingerprint density at radius 3 is 2.27 bits per heavy atom. The second kappa shape index (κ2) is 12.2. The standard InChI is InChI=1S/C23H31N3O3.ClH/c1-23(2,3)21(24)22(28)25-16-17-11-13-18(14-12-17)26-20(27)10-7-15-29-19-8-5-4-6-9-19;/h4-6,8-9,11-14,21H,7,10,15-16,24H2,1-3H3,(H,25,28)(H,26,27);1H/t21-;/m1./s1. The minimum Gasteiger partial charge on any atom is -0.494 e. The fraction of sp³-hybridized carbons (Fsp3) is 0.391. The number of ether oxygens (including phenoxy) is 1. The van der Waals surface area contributed by atoms with E-state index in [2.05, 4.69) is 10.6 Å². The Morgan fingerprint density at radius 2 is 1.67 bits per heavy atom. The van der Waals surface area contributed by atoms with E-state index in [4.69, 9.17) is 10.5 Å². The second-order valence-electron chi connectivity index (χ2n) is 8.07. The summed E-state index contributed by atoms with van der Waals surface area (Å²) < 4.78 is 5.58. The molecule has 4 N–H and O–H groups in total. The number of carbonyl (C=O) groups is 2. The van der Waals surface area contributed by atoms with Crippen LogP contribution in [0.3, 0.4) is 0 Å². The SMILES string of the molecule is CC(C)(C)[C@H](N)C(=O)NCc1ccc(NC(=O)CCCOc2ccccc2)cc1.Cl. The lowest BCUT2D eigenvalue weighted by atomic mass is 9.87. The number of nitrogens with two attached hydrogens (primary N) is 1. The molecule has 0 unspecified atom stereocenters. The molecular weight excluding hydrogens is 402 g/mol. The third-order valence-corrected chi connectivity index (χ3v) is 4.48. The van der Waals surface area contributed by atoms with Crippen molar-refractivity contribution in [3.8, 4) is 5.75 Å². The largest absolute Gasteiger partial charge is 0.494 e. The van der Waals surface area contributed by atoms with Crippen LogP contribution >= 0.6 is 12.4 Å². The fourth-order valence-electron chi connectivity index (χ4n) is 2.56. The van der Waals surface area contributed by atoms with Crippen LogP contribution in [0.4, 0.5) is 5.69 Å². The summed E-state index contributed by atoms with van der Waals surface area (Å²) in [7, 11) is 0. The molecule has 0 fully saturated rings. The number of nitrogens with one attached hydrogen (secondary N) is 2. The molecule has 2 aromatic rings. The normalized spacial score (nSPS) is 11.7. The van der Waals surface area contributed by atoms with Gasteiger partial charge in [0, 0.05) is 18.7 Å². The summed E-state index contributed by atoms with van der Waals surface area (Å²) >= 11 is 0. The van der Waals surface area contributed by atoms with Gasteiger partial charge in [-0.3, -0.25) is 9.59 Å². The Kier molecular flexibility index (Phi) is 10.4. The number of carbonyl (C=O) groups excluding carboxylic acids is 2. The topological polar surface area (TPSA) is 93.5 Å². The molecule has 0 bridgehead atoms. The molecular formula is C23H32ClN3O3. The summed E-state index contributed by atoms with van der Waals surface area (Å²) in [5.74, 6) is 0.575. The van der Waals surface area contributed by atoms with Gasteiger partial charge in [0.1, 0.15) is 5.75 Å². The maximum absolute atomic E-state index is 12.1. The van der Waals surface area contributed by atoms with Crippen LogP contribution in [0.2, 0.25) is 0 Å². The van der Waals surface area contributed by atoms with Gasteiger partial charge in [0.15, 0.2) is 0 Å². The number of benzene rings is 2. The van der Waals surface area contributed by atoms with Gasteiger partial charge in [-0.1, -0.05) is 51.1 Å². The number of rotatable bonds is 9. The molecule has 0 spiro atoms. The van der Waals surface area contributed by atoms with Crippen molar-refractivity contribution in [2.24, 2.45) is 11.1 Å². The maximum Gasteiger partial charge on any atom is 0.237 e. The van der Waals surface area contributed by atoms with Gasteiger partial charge in [-0.2, -0.15) is 0 Å². The van der Waals surface area contributed by atoms with Crippen molar-refractivity contribution < 1.29 is 14.3 Å². The second-order valence-corrected chi connectivity index (χ2v) is 8.07. The summed E-state index contributed by atoms with van der Waals surface area (Å²) in [5, 5.41) is 5.72. The molecule has 2 aromatic carbocycles. The maximum atomic E-state index is 12.1. The van der Waals surface area contributed by atoms with Gasteiger partial charge in [0.25, 0.3) is 0 Å². The number of hydrogen-bond acceptors (Lipinski definition) is 4. The van der Waals surface area contributed by atoms with Crippen molar-refractivity contribution in [2.75, 3.05) is 11.9 Å². The minimum absolute atomic E-state index is 0. The molecule has 7 heteroatoms. The van der Waals surface area contributed by atoms with E-state index in [1.54, 1.807) is 0 Å². The third kappa shape index (κ3) is 8.84. The summed E-state index contributed by atoms with van der Waals surface area (Å²) in [6.07, 6.45) is 1.02. The van der Waals surface area contributed by atoms with Crippen molar-refractivity contribution >= 4 is 29.9 Å². The predicted molar refractivity (Wildman–Crippen MR) is 123 cm³/mol. The van der Waals surface area contributed by atoms with Crippen LogP contribution in [0.5, 0.6) is 5.75 Å². The van der Waals surface area contributed by atoms with E-state index in [0.29, 0.717) is 26.0 Å². The molecule has 0 saturated heterocycles. The highest BCUT2D eigenvalue weighted by atomic mass is 35.5. The monoisotopic (exact) mass is 433 g/mol. The highest BCUT2D eigenvalue weighted by molar-refractivity contribution is 5.90. The van der Waals surface area contributed by atoms with E-state index in [9.17, 15) is 9.59 Å². The Hall–Kier alpha value is -2.57. The molecule has 6 nitrogen and oxygen atoms in total. The van der Waals surface area contributed by atoms with E-state index in [0.717, 1.165) is 17.0 Å². The van der Waals surface area contributed by atoms with Crippen LogP contribution < -0.4 is 21.1 Å². The van der Waals surface area contributed by atoms with Crippen LogP contribution in [0, 0.1) is 5.41 Å². The van der Waals surface area contributed by atoms with Crippen LogP contribution in [0.1, 0.15) is 39.2 Å². The van der Waals surface area contributed by atoms with Crippen molar-refractivity contribution in [1.29, 1.82) is 0 Å². The lowest BCUT2D eigenvalue weighted by molar-refractivity contribution is -0.124. The van der Waals surface area contributed by atoms with Gasteiger partial charge in [-0.25, -0.2) is 0 Å². The quantitative estimate of drug-likeness (QED) is 0.523. The number of anilines is 1. The van der Waals surface area contributed by atoms with Crippen LogP contribution in [0.25, 0.3) is 0 Å². The Morgan fingerprint density at radius 1 is 1.03 bits per heavy atom. The van der Waals surface area contributed by atoms with Crippen molar-refractivity contribution in [2.45, 2.75) is 46.2 Å². The lowest BCUT2D eigenvalue weighted by Crippen LogP contribution is -2.48. The summed E-state index contributed by atoms with van der Waals surface area (Å²) in [5.41, 5.74) is 7.33. The Bertz CT molecular complexity index is 790. The molecule has 0 heterocycles. The Balaban J connectivity index is 0.00000450. The van der Waals surface area contributed by atoms with Gasteiger partial charge in [-0.15, -0.1) is 12.4 Å². The summed E-state index contributed by atoms with van der Waals surface area (Å²) in [6, 6.07) is 16.4. The van der Waals surface area contributed by atoms with Gasteiger partial charge in [0.2, 0.25) is 11.8 Å². The molecule has 2 amide bonds. The number of halogens is 1. The van der Waals surface area contributed by atoms with Crippen molar-refractivity contribution in [3.63, 3.8) is 0 Å². The highest BCUT2D eigenvalue weighted by Crippen LogP contribution is 2.17. The van der Waals surface area contributed by atoms with Gasteiger partial charge in [-0.05, 0) is 41.7 Å². The molecule has 0 saturated carbocycles. The van der Waals surface area contributed by atoms with E-state index in [-0.39, 0.29) is 29.6 Å². The smallest absolute Gasteiger partial charge is 0.237 e. The fourth-order valence-corrected chi connectivity index (χ4v) is 2.56. The molecule has 2 rings (SSSR count). The Labute approximate surface area is 185 Å². The van der Waals surface area contributed by atoms with E-state index in [1.165, 1.54) is 0 Å². The lowest BCUT2D eigenvalue weighted by Gasteiger charge is -2.25. The van der Waals surface area contributed by atoms with Gasteiger partial charge < -0.3 is 21.1 Å². The average Bonchev–Trinajstić information content (AvgIpc) is 2.70. The van der Waals surface area contributed by atoms with Crippen molar-refractivity contribution in [1.82, 2.24) is 5.32 Å². The molecule has 0 aromatic heterocycles.